The van der Waals surface area contributed by atoms with Gasteiger partial charge >= 0.3 is 0 Å². The average Bonchev–Trinajstić information content (AvgIpc) is 3.18. The zero-order chi connectivity index (χ0) is 17.2. The van der Waals surface area contributed by atoms with Crippen molar-refractivity contribution >= 4 is 5.91 Å². The van der Waals surface area contributed by atoms with Crippen LogP contribution in [-0.4, -0.2) is 45.4 Å². The SMILES string of the molecule is CC(C)=CC[C@@]1(CO)CCCN(C(=O)C2(Cn3cccn3)CC2)C1. The number of hydrogen-bond donors (Lipinski definition) is 1. The first-order valence-electron chi connectivity index (χ1n) is 9.00. The molecule has 0 spiro atoms. The molecule has 2 fully saturated rings. The van der Waals surface area contributed by atoms with E-state index in [0.29, 0.717) is 13.1 Å². The monoisotopic (exact) mass is 331 g/mol. The molecule has 0 aromatic carbocycles. The number of piperidine rings is 1. The van der Waals surface area contributed by atoms with Gasteiger partial charge in [0.15, 0.2) is 0 Å². The summed E-state index contributed by atoms with van der Waals surface area (Å²) in [6.07, 6.45) is 10.6. The molecule has 0 bridgehead atoms. The number of nitrogens with zero attached hydrogens (tertiary/aromatic N) is 3. The van der Waals surface area contributed by atoms with Crippen molar-refractivity contribution in [2.24, 2.45) is 10.8 Å². The second kappa shape index (κ2) is 6.71. The minimum absolute atomic E-state index is 0.146. The summed E-state index contributed by atoms with van der Waals surface area (Å²) in [5.41, 5.74) is 0.831. The molecule has 5 heteroatoms. The lowest BCUT2D eigenvalue weighted by molar-refractivity contribution is -0.142. The van der Waals surface area contributed by atoms with Gasteiger partial charge in [0.2, 0.25) is 5.91 Å². The van der Waals surface area contributed by atoms with Gasteiger partial charge in [-0.3, -0.25) is 9.48 Å². The van der Waals surface area contributed by atoms with Gasteiger partial charge in [-0.05, 0) is 52.0 Å². The topological polar surface area (TPSA) is 58.4 Å². The van der Waals surface area contributed by atoms with E-state index in [0.717, 1.165) is 38.6 Å². The quantitative estimate of drug-likeness (QED) is 0.815. The maximum atomic E-state index is 13.1. The molecule has 1 aromatic heterocycles. The van der Waals surface area contributed by atoms with Crippen molar-refractivity contribution in [2.45, 2.75) is 52.5 Å². The number of rotatable bonds is 6. The number of likely N-dealkylation sites (tertiary alicyclic amines) is 1. The van der Waals surface area contributed by atoms with E-state index in [-0.39, 0.29) is 23.3 Å². The smallest absolute Gasteiger partial charge is 0.230 e. The Morgan fingerprint density at radius 1 is 1.33 bits per heavy atom. The third-order valence-corrected chi connectivity index (χ3v) is 5.56. The van der Waals surface area contributed by atoms with E-state index in [1.165, 1.54) is 5.57 Å². The fourth-order valence-corrected chi connectivity index (χ4v) is 3.79. The highest BCUT2D eigenvalue weighted by Crippen LogP contribution is 2.49. The van der Waals surface area contributed by atoms with Crippen LogP contribution in [0.15, 0.2) is 30.1 Å². The fourth-order valence-electron chi connectivity index (χ4n) is 3.79. The Morgan fingerprint density at radius 2 is 2.12 bits per heavy atom. The Balaban J connectivity index is 1.69. The van der Waals surface area contributed by atoms with Crippen LogP contribution in [0.4, 0.5) is 0 Å². The first-order chi connectivity index (χ1) is 11.5. The summed E-state index contributed by atoms with van der Waals surface area (Å²) >= 11 is 0. The molecule has 2 aliphatic rings. The van der Waals surface area contributed by atoms with Crippen LogP contribution < -0.4 is 0 Å². The van der Waals surface area contributed by atoms with Crippen LogP contribution in [0.1, 0.15) is 46.0 Å². The van der Waals surface area contributed by atoms with Crippen molar-refractivity contribution in [2.75, 3.05) is 19.7 Å². The molecule has 1 saturated heterocycles. The van der Waals surface area contributed by atoms with Crippen molar-refractivity contribution in [3.05, 3.63) is 30.1 Å². The van der Waals surface area contributed by atoms with Crippen LogP contribution in [-0.2, 0) is 11.3 Å². The molecule has 1 aliphatic heterocycles. The maximum Gasteiger partial charge on any atom is 0.230 e. The number of allylic oxidation sites excluding steroid dienone is 2. The van der Waals surface area contributed by atoms with Crippen LogP contribution >= 0.6 is 0 Å². The number of amides is 1. The average molecular weight is 331 g/mol. The summed E-state index contributed by atoms with van der Waals surface area (Å²) in [5.74, 6) is 0.257. The molecular formula is C19H29N3O2. The number of carbonyl (C=O) groups is 1. The molecule has 5 nitrogen and oxygen atoms in total. The molecule has 2 heterocycles. The Hall–Kier alpha value is -1.62. The van der Waals surface area contributed by atoms with Crippen LogP contribution in [0.5, 0.6) is 0 Å². The predicted octanol–water partition coefficient (Wildman–Crippen LogP) is 2.62. The molecule has 0 unspecified atom stereocenters. The van der Waals surface area contributed by atoms with Gasteiger partial charge < -0.3 is 10.0 Å². The van der Waals surface area contributed by atoms with E-state index in [4.69, 9.17) is 0 Å². The molecule has 1 atom stereocenters. The normalized spacial score (nSPS) is 25.4. The number of carbonyl (C=O) groups excluding carboxylic acids is 1. The summed E-state index contributed by atoms with van der Waals surface area (Å²) < 4.78 is 1.87. The van der Waals surface area contributed by atoms with Gasteiger partial charge in [-0.1, -0.05) is 11.6 Å². The first-order valence-corrected chi connectivity index (χ1v) is 9.00. The molecule has 1 aromatic rings. The van der Waals surface area contributed by atoms with Gasteiger partial charge in [0.05, 0.1) is 18.6 Å². The number of hydrogen-bond acceptors (Lipinski definition) is 3. The second-order valence-electron chi connectivity index (χ2n) is 7.96. The summed E-state index contributed by atoms with van der Waals surface area (Å²) in [5, 5.41) is 14.3. The zero-order valence-electron chi connectivity index (χ0n) is 14.9. The number of aliphatic hydroxyl groups excluding tert-OH is 1. The van der Waals surface area contributed by atoms with Gasteiger partial charge in [-0.15, -0.1) is 0 Å². The number of aliphatic hydroxyl groups is 1. The van der Waals surface area contributed by atoms with Crippen molar-refractivity contribution in [1.82, 2.24) is 14.7 Å². The highest BCUT2D eigenvalue weighted by Gasteiger charge is 2.53. The minimum Gasteiger partial charge on any atom is -0.396 e. The lowest BCUT2D eigenvalue weighted by Crippen LogP contribution is -2.50. The van der Waals surface area contributed by atoms with E-state index in [1.807, 2.05) is 21.8 Å². The standard InChI is InChI=1S/C19H29N3O2/c1-16(2)5-7-18(15-23)6-3-11-21(13-18)17(24)19(8-9-19)14-22-12-4-10-20-22/h4-5,10,12,23H,3,6-9,11,13-15H2,1-2H3/t18-/m0/s1. The fraction of sp³-hybridized carbons (Fsp3) is 0.684. The van der Waals surface area contributed by atoms with Crippen LogP contribution in [0.3, 0.4) is 0 Å². The molecule has 132 valence electrons. The van der Waals surface area contributed by atoms with E-state index in [9.17, 15) is 9.90 Å². The maximum absolute atomic E-state index is 13.1. The van der Waals surface area contributed by atoms with Crippen molar-refractivity contribution in [3.8, 4) is 0 Å². The lowest BCUT2D eigenvalue weighted by atomic mass is 9.77. The molecule has 1 saturated carbocycles. The summed E-state index contributed by atoms with van der Waals surface area (Å²) in [7, 11) is 0. The largest absolute Gasteiger partial charge is 0.396 e. The van der Waals surface area contributed by atoms with Crippen LogP contribution in [0, 0.1) is 10.8 Å². The molecule has 0 radical (unpaired) electrons. The molecule has 3 rings (SSSR count). The molecule has 1 N–H and O–H groups in total. The first kappa shape index (κ1) is 17.2. The summed E-state index contributed by atoms with van der Waals surface area (Å²) in [4.78, 5) is 15.1. The number of aromatic nitrogens is 2. The molecule has 1 aliphatic carbocycles. The molecule has 24 heavy (non-hydrogen) atoms. The van der Waals surface area contributed by atoms with Crippen molar-refractivity contribution in [3.63, 3.8) is 0 Å². The van der Waals surface area contributed by atoms with Crippen LogP contribution in [0.2, 0.25) is 0 Å². The Bertz CT molecular complexity index is 600. The van der Waals surface area contributed by atoms with E-state index in [1.54, 1.807) is 6.20 Å². The van der Waals surface area contributed by atoms with E-state index in [2.05, 4.69) is 25.0 Å². The van der Waals surface area contributed by atoms with Crippen LogP contribution in [0.25, 0.3) is 0 Å². The van der Waals surface area contributed by atoms with Gasteiger partial charge in [0.25, 0.3) is 0 Å². The Morgan fingerprint density at radius 3 is 2.71 bits per heavy atom. The van der Waals surface area contributed by atoms with E-state index < -0.39 is 0 Å². The van der Waals surface area contributed by atoms with E-state index >= 15 is 0 Å². The zero-order valence-corrected chi connectivity index (χ0v) is 14.9. The predicted molar refractivity (Wildman–Crippen MR) is 93.3 cm³/mol. The third kappa shape index (κ3) is 3.56. The molecule has 1 amide bonds. The minimum atomic E-state index is -0.263. The highest BCUT2D eigenvalue weighted by molar-refractivity contribution is 5.85. The Labute approximate surface area is 144 Å². The molecular weight excluding hydrogens is 302 g/mol. The van der Waals surface area contributed by atoms with Crippen molar-refractivity contribution in [1.29, 1.82) is 0 Å². The Kier molecular flexibility index (Phi) is 4.81. The van der Waals surface area contributed by atoms with Gasteiger partial charge in [0.1, 0.15) is 0 Å². The van der Waals surface area contributed by atoms with Gasteiger partial charge in [0, 0.05) is 30.9 Å². The lowest BCUT2D eigenvalue weighted by Gasteiger charge is -2.42. The summed E-state index contributed by atoms with van der Waals surface area (Å²) in [6.45, 7) is 6.48. The highest BCUT2D eigenvalue weighted by atomic mass is 16.3. The van der Waals surface area contributed by atoms with Gasteiger partial charge in [-0.25, -0.2) is 0 Å². The summed E-state index contributed by atoms with van der Waals surface area (Å²) in [6, 6.07) is 1.90. The third-order valence-electron chi connectivity index (χ3n) is 5.56. The van der Waals surface area contributed by atoms with Crippen molar-refractivity contribution < 1.29 is 9.90 Å². The van der Waals surface area contributed by atoms with Gasteiger partial charge in [-0.2, -0.15) is 5.10 Å². The second-order valence-corrected chi connectivity index (χ2v) is 7.96.